The Bertz CT molecular complexity index is 1080. The van der Waals surface area contributed by atoms with Gasteiger partial charge < -0.3 is 19.9 Å². The van der Waals surface area contributed by atoms with E-state index < -0.39 is 0 Å². The predicted octanol–water partition coefficient (Wildman–Crippen LogP) is 5.11. The number of Topliss-reactive ketones (excluding diaryl/α,β-unsaturated/α-hetero) is 1. The number of benzene rings is 2. The van der Waals surface area contributed by atoms with Gasteiger partial charge in [0.05, 0.1) is 12.6 Å². The summed E-state index contributed by atoms with van der Waals surface area (Å²) in [6.45, 7) is 8.92. The van der Waals surface area contributed by atoms with Crippen molar-refractivity contribution in [2.24, 2.45) is 11.8 Å². The molecule has 4 rings (SSSR count). The lowest BCUT2D eigenvalue weighted by atomic mass is 9.99. The summed E-state index contributed by atoms with van der Waals surface area (Å²) >= 11 is 12.5. The predicted molar refractivity (Wildman–Crippen MR) is 150 cm³/mol. The van der Waals surface area contributed by atoms with Gasteiger partial charge in [-0.3, -0.25) is 9.59 Å². The Morgan fingerprint density at radius 1 is 1.08 bits per heavy atom. The fourth-order valence-electron chi connectivity index (χ4n) is 5.06. The molecule has 8 heteroatoms. The number of carbonyl (C=O) groups excluding carboxylic acids is 2. The zero-order valence-corrected chi connectivity index (χ0v) is 23.2. The van der Waals surface area contributed by atoms with E-state index in [0.29, 0.717) is 60.9 Å². The Morgan fingerprint density at radius 3 is 2.51 bits per heavy atom. The lowest BCUT2D eigenvalue weighted by molar-refractivity contribution is -0.133. The van der Waals surface area contributed by atoms with Gasteiger partial charge in [0.25, 0.3) is 0 Å². The van der Waals surface area contributed by atoms with Crippen molar-refractivity contribution in [1.82, 2.24) is 10.2 Å². The fourth-order valence-corrected chi connectivity index (χ4v) is 5.55. The summed E-state index contributed by atoms with van der Waals surface area (Å²) < 4.78 is 5.52. The van der Waals surface area contributed by atoms with Gasteiger partial charge in [0.2, 0.25) is 5.91 Å². The van der Waals surface area contributed by atoms with Crippen LogP contribution >= 0.6 is 23.2 Å². The van der Waals surface area contributed by atoms with Crippen LogP contribution in [0.5, 0.6) is 0 Å². The van der Waals surface area contributed by atoms with Gasteiger partial charge in [-0.1, -0.05) is 55.2 Å². The van der Waals surface area contributed by atoms with Gasteiger partial charge in [0.15, 0.2) is 5.78 Å². The Morgan fingerprint density at radius 2 is 1.84 bits per heavy atom. The van der Waals surface area contributed by atoms with Crippen LogP contribution in [0.15, 0.2) is 42.5 Å². The number of amides is 1. The second kappa shape index (κ2) is 13.1. The number of carbonyl (C=O) groups is 2. The molecule has 2 atom stereocenters. The standard InChI is InChI=1S/C29H37Cl2N3O3/c1-20(2)15-28(35)24-5-3-4-6-27(24)33-10-12-34(13-11-33)29(36)26(32-18-21-9-14-37-19-21)16-22-7-8-23(30)17-25(22)31/h3-8,17,20-21,26,32H,9-16,18-19H2,1-2H3/t21?,26-/m1/s1. The number of nitrogens with one attached hydrogen (secondary N) is 1. The van der Waals surface area contributed by atoms with Crippen molar-refractivity contribution in [3.8, 4) is 0 Å². The van der Waals surface area contributed by atoms with Crippen LogP contribution in [-0.4, -0.2) is 68.6 Å². The van der Waals surface area contributed by atoms with E-state index >= 15 is 0 Å². The molecule has 1 amide bonds. The van der Waals surface area contributed by atoms with Gasteiger partial charge in [-0.15, -0.1) is 0 Å². The molecule has 6 nitrogen and oxygen atoms in total. The van der Waals surface area contributed by atoms with Crippen LogP contribution in [0.1, 0.15) is 42.6 Å². The minimum Gasteiger partial charge on any atom is -0.381 e. The second-order valence-corrected chi connectivity index (χ2v) is 11.3. The first-order valence-electron chi connectivity index (χ1n) is 13.2. The lowest BCUT2D eigenvalue weighted by Crippen LogP contribution is -2.55. The molecular weight excluding hydrogens is 509 g/mol. The largest absolute Gasteiger partial charge is 0.381 e. The lowest BCUT2D eigenvalue weighted by Gasteiger charge is -2.38. The van der Waals surface area contributed by atoms with E-state index in [0.717, 1.165) is 43.0 Å². The molecule has 2 fully saturated rings. The van der Waals surface area contributed by atoms with E-state index in [1.54, 1.807) is 6.07 Å². The Hall–Kier alpha value is -2.12. The minimum absolute atomic E-state index is 0.0775. The molecular formula is C29H37Cl2N3O3. The maximum absolute atomic E-state index is 13.7. The van der Waals surface area contributed by atoms with Crippen molar-refractivity contribution >= 4 is 40.6 Å². The van der Waals surface area contributed by atoms with Crippen LogP contribution in [-0.2, 0) is 16.0 Å². The third kappa shape index (κ3) is 7.47. The molecule has 2 aliphatic rings. The number of ketones is 1. The molecule has 0 radical (unpaired) electrons. The highest BCUT2D eigenvalue weighted by Crippen LogP contribution is 2.26. The molecule has 2 aliphatic heterocycles. The number of ether oxygens (including phenoxy) is 1. The number of halogens is 2. The number of piperazine rings is 1. The van der Waals surface area contributed by atoms with Crippen LogP contribution in [0, 0.1) is 11.8 Å². The molecule has 200 valence electrons. The summed E-state index contributed by atoms with van der Waals surface area (Å²) in [5.74, 6) is 0.968. The van der Waals surface area contributed by atoms with Crippen molar-refractivity contribution in [1.29, 1.82) is 0 Å². The highest BCUT2D eigenvalue weighted by Gasteiger charge is 2.30. The molecule has 2 heterocycles. The number of rotatable bonds is 10. The van der Waals surface area contributed by atoms with Crippen LogP contribution in [0.2, 0.25) is 10.0 Å². The third-order valence-corrected chi connectivity index (χ3v) is 7.73. The average molecular weight is 547 g/mol. The van der Waals surface area contributed by atoms with Crippen LogP contribution in [0.4, 0.5) is 5.69 Å². The molecule has 0 saturated carbocycles. The number of nitrogens with zero attached hydrogens (tertiary/aromatic N) is 2. The zero-order chi connectivity index (χ0) is 26.4. The van der Waals surface area contributed by atoms with Gasteiger partial charge in [-0.05, 0) is 54.5 Å². The van der Waals surface area contributed by atoms with E-state index in [-0.39, 0.29) is 17.7 Å². The SMILES string of the molecule is CC(C)CC(=O)c1ccccc1N1CCN(C(=O)[C@@H](Cc2ccc(Cl)cc2Cl)NCC2CCOC2)CC1. The highest BCUT2D eigenvalue weighted by atomic mass is 35.5. The first-order valence-corrected chi connectivity index (χ1v) is 14.0. The van der Waals surface area contributed by atoms with Crippen LogP contribution in [0.25, 0.3) is 0 Å². The molecule has 2 aromatic carbocycles. The summed E-state index contributed by atoms with van der Waals surface area (Å²) in [5.41, 5.74) is 2.63. The van der Waals surface area contributed by atoms with Crippen molar-refractivity contribution in [3.05, 3.63) is 63.6 Å². The van der Waals surface area contributed by atoms with E-state index in [9.17, 15) is 9.59 Å². The zero-order valence-electron chi connectivity index (χ0n) is 21.7. The molecule has 0 spiro atoms. The van der Waals surface area contributed by atoms with Crippen molar-refractivity contribution in [3.63, 3.8) is 0 Å². The quantitative estimate of drug-likeness (QED) is 0.420. The molecule has 0 aromatic heterocycles. The monoisotopic (exact) mass is 545 g/mol. The van der Waals surface area contributed by atoms with Crippen molar-refractivity contribution in [2.75, 3.05) is 50.8 Å². The van der Waals surface area contributed by atoms with Gasteiger partial charge >= 0.3 is 0 Å². The molecule has 0 aliphatic carbocycles. The molecule has 2 aromatic rings. The summed E-state index contributed by atoms with van der Waals surface area (Å²) in [7, 11) is 0. The third-order valence-electron chi connectivity index (χ3n) is 7.14. The van der Waals surface area contributed by atoms with Crippen molar-refractivity contribution in [2.45, 2.75) is 39.2 Å². The number of anilines is 1. The Labute approximate surface area is 230 Å². The maximum atomic E-state index is 13.7. The first-order chi connectivity index (χ1) is 17.8. The van der Waals surface area contributed by atoms with Gasteiger partial charge in [-0.2, -0.15) is 0 Å². The average Bonchev–Trinajstić information content (AvgIpc) is 3.41. The van der Waals surface area contributed by atoms with Crippen LogP contribution in [0.3, 0.4) is 0 Å². The van der Waals surface area contributed by atoms with E-state index in [1.807, 2.05) is 41.3 Å². The Balaban J connectivity index is 1.43. The minimum atomic E-state index is -0.384. The normalized spacial score (nSPS) is 18.9. The molecule has 0 bridgehead atoms. The molecule has 1 unspecified atom stereocenters. The highest BCUT2D eigenvalue weighted by molar-refractivity contribution is 6.35. The van der Waals surface area contributed by atoms with Crippen LogP contribution < -0.4 is 10.2 Å². The number of hydrogen-bond donors (Lipinski definition) is 1. The summed E-state index contributed by atoms with van der Waals surface area (Å²) in [6.07, 6.45) is 2.03. The smallest absolute Gasteiger partial charge is 0.240 e. The first kappa shape index (κ1) is 27.9. The summed E-state index contributed by atoms with van der Waals surface area (Å²) in [6, 6.07) is 12.9. The van der Waals surface area contributed by atoms with E-state index in [1.165, 1.54) is 0 Å². The summed E-state index contributed by atoms with van der Waals surface area (Å²) in [4.78, 5) is 30.7. The Kier molecular flexibility index (Phi) is 9.88. The second-order valence-electron chi connectivity index (χ2n) is 10.5. The fraction of sp³-hybridized carbons (Fsp3) is 0.517. The number of para-hydroxylation sites is 1. The molecule has 1 N–H and O–H groups in total. The molecule has 37 heavy (non-hydrogen) atoms. The van der Waals surface area contributed by atoms with E-state index in [2.05, 4.69) is 24.1 Å². The topological polar surface area (TPSA) is 61.9 Å². The number of hydrogen-bond acceptors (Lipinski definition) is 5. The van der Waals surface area contributed by atoms with Crippen molar-refractivity contribution < 1.29 is 14.3 Å². The maximum Gasteiger partial charge on any atom is 0.240 e. The van der Waals surface area contributed by atoms with Gasteiger partial charge in [0.1, 0.15) is 0 Å². The van der Waals surface area contributed by atoms with Gasteiger partial charge in [-0.25, -0.2) is 0 Å². The molecule has 2 saturated heterocycles. The summed E-state index contributed by atoms with van der Waals surface area (Å²) in [5, 5.41) is 4.67. The van der Waals surface area contributed by atoms with E-state index in [4.69, 9.17) is 27.9 Å². The van der Waals surface area contributed by atoms with Gasteiger partial charge in [0, 0.05) is 67.0 Å².